The molecule has 0 saturated carbocycles. The van der Waals surface area contributed by atoms with Crippen molar-refractivity contribution < 1.29 is 0 Å². The van der Waals surface area contributed by atoms with Gasteiger partial charge in [-0.15, -0.1) is 21.5 Å². The summed E-state index contributed by atoms with van der Waals surface area (Å²) >= 11 is 1.90. The van der Waals surface area contributed by atoms with Gasteiger partial charge in [0.1, 0.15) is 25.0 Å². The number of piperidine rings is 1. The van der Waals surface area contributed by atoms with E-state index in [9.17, 15) is 0 Å². The highest BCUT2D eigenvalue weighted by Gasteiger charge is 2.25. The van der Waals surface area contributed by atoms with Crippen LogP contribution < -0.4 is 0 Å². The Labute approximate surface area is 151 Å². The van der Waals surface area contributed by atoms with Gasteiger partial charge in [0.15, 0.2) is 5.82 Å². The van der Waals surface area contributed by atoms with Gasteiger partial charge in [-0.3, -0.25) is 4.90 Å². The third kappa shape index (κ3) is 3.64. The molecule has 1 aliphatic heterocycles. The fourth-order valence-electron chi connectivity index (χ4n) is 3.47. The Hall–Kier alpha value is -2.06. The SMILES string of the molecule is Cc1ccc(CN2CCC(c3nnc(Cn4cncn4)n3C)CC2)s1. The van der Waals surface area contributed by atoms with Gasteiger partial charge < -0.3 is 4.57 Å². The average Bonchev–Trinajstić information content (AvgIpc) is 3.33. The van der Waals surface area contributed by atoms with Gasteiger partial charge >= 0.3 is 0 Å². The summed E-state index contributed by atoms with van der Waals surface area (Å²) in [5, 5.41) is 13.0. The zero-order valence-corrected chi connectivity index (χ0v) is 15.5. The highest BCUT2D eigenvalue weighted by Crippen LogP contribution is 2.28. The Balaban J connectivity index is 1.37. The van der Waals surface area contributed by atoms with Gasteiger partial charge in [0.25, 0.3) is 0 Å². The van der Waals surface area contributed by atoms with Crippen molar-refractivity contribution in [1.82, 2.24) is 34.4 Å². The van der Waals surface area contributed by atoms with Crippen molar-refractivity contribution in [3.05, 3.63) is 46.2 Å². The second-order valence-corrected chi connectivity index (χ2v) is 8.06. The molecule has 8 heteroatoms. The van der Waals surface area contributed by atoms with Crippen LogP contribution in [-0.2, 0) is 20.1 Å². The molecule has 0 aliphatic carbocycles. The lowest BCUT2D eigenvalue weighted by Crippen LogP contribution is -2.33. The van der Waals surface area contributed by atoms with Crippen LogP contribution in [0.25, 0.3) is 0 Å². The molecule has 0 spiro atoms. The number of hydrogen-bond donors (Lipinski definition) is 0. The number of likely N-dealkylation sites (tertiary alicyclic amines) is 1. The Morgan fingerprint density at radius 1 is 1.16 bits per heavy atom. The quantitative estimate of drug-likeness (QED) is 0.700. The molecule has 0 unspecified atom stereocenters. The van der Waals surface area contributed by atoms with Crippen molar-refractivity contribution in [3.63, 3.8) is 0 Å². The number of thiophene rings is 1. The normalized spacial score (nSPS) is 16.6. The zero-order chi connectivity index (χ0) is 17.2. The first-order valence-electron chi connectivity index (χ1n) is 8.67. The van der Waals surface area contributed by atoms with Gasteiger partial charge in [-0.25, -0.2) is 9.67 Å². The van der Waals surface area contributed by atoms with Crippen LogP contribution in [0.2, 0.25) is 0 Å². The van der Waals surface area contributed by atoms with E-state index < -0.39 is 0 Å². The predicted octanol–water partition coefficient (Wildman–Crippen LogP) is 2.20. The molecule has 0 amide bonds. The van der Waals surface area contributed by atoms with Crippen molar-refractivity contribution >= 4 is 11.3 Å². The molecule has 4 rings (SSSR count). The fraction of sp³-hybridized carbons (Fsp3) is 0.529. The summed E-state index contributed by atoms with van der Waals surface area (Å²) in [5.74, 6) is 2.52. The number of aromatic nitrogens is 6. The van der Waals surface area contributed by atoms with E-state index in [4.69, 9.17) is 0 Å². The molecule has 3 aromatic heterocycles. The number of aryl methyl sites for hydroxylation is 1. The minimum Gasteiger partial charge on any atom is -0.316 e. The van der Waals surface area contributed by atoms with Crippen LogP contribution in [0, 0.1) is 6.92 Å². The Kier molecular flexibility index (Phi) is 4.63. The molecule has 0 radical (unpaired) electrons. The molecule has 7 nitrogen and oxygen atoms in total. The van der Waals surface area contributed by atoms with Gasteiger partial charge in [0, 0.05) is 29.3 Å². The van der Waals surface area contributed by atoms with Crippen molar-refractivity contribution in [3.8, 4) is 0 Å². The molecule has 25 heavy (non-hydrogen) atoms. The van der Waals surface area contributed by atoms with Gasteiger partial charge in [0.2, 0.25) is 0 Å². The van der Waals surface area contributed by atoms with Crippen LogP contribution in [0.5, 0.6) is 0 Å². The predicted molar refractivity (Wildman–Crippen MR) is 96.4 cm³/mol. The first-order valence-corrected chi connectivity index (χ1v) is 9.49. The lowest BCUT2D eigenvalue weighted by atomic mass is 9.96. The third-order valence-electron chi connectivity index (χ3n) is 4.90. The second kappa shape index (κ2) is 7.05. The van der Waals surface area contributed by atoms with E-state index in [0.717, 1.165) is 44.1 Å². The first kappa shape index (κ1) is 16.4. The maximum absolute atomic E-state index is 4.47. The minimum absolute atomic E-state index is 0.489. The zero-order valence-electron chi connectivity index (χ0n) is 14.7. The van der Waals surface area contributed by atoms with Crippen molar-refractivity contribution in [1.29, 1.82) is 0 Å². The highest BCUT2D eigenvalue weighted by molar-refractivity contribution is 7.11. The van der Waals surface area contributed by atoms with E-state index >= 15 is 0 Å². The summed E-state index contributed by atoms with van der Waals surface area (Å²) in [6.07, 6.45) is 5.53. The van der Waals surface area contributed by atoms with Crippen LogP contribution in [0.4, 0.5) is 0 Å². The molecular formula is C17H23N7S. The maximum atomic E-state index is 4.47. The van der Waals surface area contributed by atoms with Gasteiger partial charge in [-0.1, -0.05) is 0 Å². The average molecular weight is 357 g/mol. The van der Waals surface area contributed by atoms with E-state index in [-0.39, 0.29) is 0 Å². The molecule has 0 atom stereocenters. The summed E-state index contributed by atoms with van der Waals surface area (Å²) < 4.78 is 3.91. The van der Waals surface area contributed by atoms with Crippen molar-refractivity contribution in [2.75, 3.05) is 13.1 Å². The van der Waals surface area contributed by atoms with E-state index in [0.29, 0.717) is 12.5 Å². The lowest BCUT2D eigenvalue weighted by Gasteiger charge is -2.31. The van der Waals surface area contributed by atoms with E-state index in [1.807, 2.05) is 11.3 Å². The molecule has 4 heterocycles. The van der Waals surface area contributed by atoms with Gasteiger partial charge in [-0.2, -0.15) is 5.10 Å². The van der Waals surface area contributed by atoms with Gasteiger partial charge in [-0.05, 0) is 45.0 Å². The minimum atomic E-state index is 0.489. The number of rotatable bonds is 5. The molecule has 0 aromatic carbocycles. The Morgan fingerprint density at radius 3 is 2.68 bits per heavy atom. The molecule has 3 aromatic rings. The summed E-state index contributed by atoms with van der Waals surface area (Å²) in [6.45, 7) is 6.09. The van der Waals surface area contributed by atoms with Crippen molar-refractivity contribution in [2.45, 2.75) is 38.8 Å². The van der Waals surface area contributed by atoms with Crippen molar-refractivity contribution in [2.24, 2.45) is 7.05 Å². The maximum Gasteiger partial charge on any atom is 0.154 e. The molecular weight excluding hydrogens is 334 g/mol. The van der Waals surface area contributed by atoms with E-state index in [1.54, 1.807) is 17.3 Å². The molecule has 1 saturated heterocycles. The van der Waals surface area contributed by atoms with E-state index in [2.05, 4.69) is 55.9 Å². The number of hydrogen-bond acceptors (Lipinski definition) is 6. The summed E-state index contributed by atoms with van der Waals surface area (Å²) in [6, 6.07) is 4.47. The summed E-state index contributed by atoms with van der Waals surface area (Å²) in [5.41, 5.74) is 0. The highest BCUT2D eigenvalue weighted by atomic mass is 32.1. The van der Waals surface area contributed by atoms with Crippen LogP contribution in [0.3, 0.4) is 0 Å². The largest absolute Gasteiger partial charge is 0.316 e. The summed E-state index contributed by atoms with van der Waals surface area (Å²) in [7, 11) is 2.06. The molecule has 0 bridgehead atoms. The van der Waals surface area contributed by atoms with Crippen LogP contribution in [0.15, 0.2) is 24.8 Å². The monoisotopic (exact) mass is 357 g/mol. The van der Waals surface area contributed by atoms with Crippen LogP contribution in [-0.4, -0.2) is 47.5 Å². The Morgan fingerprint density at radius 2 is 2.00 bits per heavy atom. The Bertz CT molecular complexity index is 812. The first-order chi connectivity index (χ1) is 12.2. The van der Waals surface area contributed by atoms with E-state index in [1.165, 1.54) is 9.75 Å². The standard InChI is InChI=1S/C17H23N7S/c1-13-3-4-15(25-13)9-23-7-5-14(6-8-23)17-21-20-16(22(17)2)10-24-12-18-11-19-24/h3-4,11-12,14H,5-10H2,1-2H3. The van der Waals surface area contributed by atoms with Crippen LogP contribution >= 0.6 is 11.3 Å². The van der Waals surface area contributed by atoms with Crippen LogP contribution in [0.1, 0.15) is 40.2 Å². The number of nitrogens with zero attached hydrogens (tertiary/aromatic N) is 7. The molecule has 1 aliphatic rings. The summed E-state index contributed by atoms with van der Waals surface area (Å²) in [4.78, 5) is 9.38. The fourth-order valence-corrected chi connectivity index (χ4v) is 4.40. The smallest absolute Gasteiger partial charge is 0.154 e. The topological polar surface area (TPSA) is 64.7 Å². The van der Waals surface area contributed by atoms with Gasteiger partial charge in [0.05, 0.1) is 0 Å². The third-order valence-corrected chi connectivity index (χ3v) is 5.88. The molecule has 132 valence electrons. The molecule has 0 N–H and O–H groups in total. The second-order valence-electron chi connectivity index (χ2n) is 6.69. The lowest BCUT2D eigenvalue weighted by molar-refractivity contribution is 0.202. The molecule has 1 fully saturated rings.